The smallest absolute Gasteiger partial charge is 0.136 e. The average molecular weight is 799 g/mol. The van der Waals surface area contributed by atoms with Crippen molar-refractivity contribution in [3.8, 4) is 55.6 Å². The van der Waals surface area contributed by atoms with E-state index in [0.29, 0.717) is 0 Å². The maximum absolute atomic E-state index is 6.41. The quantitative estimate of drug-likeness (QED) is 0.158. The summed E-state index contributed by atoms with van der Waals surface area (Å²) in [7, 11) is 0. The summed E-state index contributed by atoms with van der Waals surface area (Å²) in [5.74, 6) is 0. The lowest BCUT2D eigenvalue weighted by Gasteiger charge is -2.20. The highest BCUT2D eigenvalue weighted by Gasteiger charge is 2.20. The normalized spacial score (nSPS) is 11.8. The van der Waals surface area contributed by atoms with Gasteiger partial charge in [-0.1, -0.05) is 176 Å². The molecule has 0 saturated carbocycles. The third kappa shape index (κ3) is 5.93. The zero-order chi connectivity index (χ0) is 41.4. The van der Waals surface area contributed by atoms with E-state index in [1.54, 1.807) is 0 Å². The number of para-hydroxylation sites is 1. The van der Waals surface area contributed by atoms with Gasteiger partial charge in [0.15, 0.2) is 0 Å². The van der Waals surface area contributed by atoms with Gasteiger partial charge in [-0.05, 0) is 164 Å². The average Bonchev–Trinajstić information content (AvgIpc) is 3.73. The predicted octanol–water partition coefficient (Wildman–Crippen LogP) is 17.7. The summed E-state index contributed by atoms with van der Waals surface area (Å²) in [6, 6.07) is 84.8. The standard InChI is InChI=1S/C62H38O/c1-4-13-42-32-46(23-20-39(42)10-1)45-16-9-17-51(35-45)61-55-31-28-49(50-26-29-54-53-18-7-8-19-59(53)63-60(54)38-50)37-58(55)62(52-25-22-41-12-3-6-15-44(41)34-52)56-30-27-48(36-57(56)61)47-24-21-40-11-2-5-14-43(40)33-47/h1-38H. The third-order valence-electron chi connectivity index (χ3n) is 13.2. The molecule has 0 unspecified atom stereocenters. The van der Waals surface area contributed by atoms with Gasteiger partial charge in [-0.3, -0.25) is 0 Å². The molecule has 0 spiro atoms. The fourth-order valence-corrected chi connectivity index (χ4v) is 10.1. The SMILES string of the molecule is c1cc(-c2ccc3ccccc3c2)cc(-c2c3ccc(-c4ccc5c(c4)oc4ccccc45)cc3c(-c3ccc4ccccc4c3)c3ccc(-c4ccc5ccccc5c4)cc23)c1. The molecular formula is C62H38O. The van der Waals surface area contributed by atoms with E-state index in [9.17, 15) is 0 Å². The number of furan rings is 1. The lowest BCUT2D eigenvalue weighted by atomic mass is 9.83. The Kier molecular flexibility index (Phi) is 7.98. The summed E-state index contributed by atoms with van der Waals surface area (Å²) >= 11 is 0. The van der Waals surface area contributed by atoms with Crippen LogP contribution < -0.4 is 0 Å². The molecule has 12 aromatic carbocycles. The van der Waals surface area contributed by atoms with Crippen LogP contribution in [0.15, 0.2) is 235 Å². The molecule has 1 aromatic heterocycles. The predicted molar refractivity (Wildman–Crippen MR) is 268 cm³/mol. The Morgan fingerprint density at radius 3 is 1.16 bits per heavy atom. The Hall–Kier alpha value is -8.26. The molecule has 1 heterocycles. The van der Waals surface area contributed by atoms with Crippen LogP contribution in [0.25, 0.3) is 131 Å². The van der Waals surface area contributed by atoms with E-state index in [1.807, 2.05) is 12.1 Å². The van der Waals surface area contributed by atoms with Crippen LogP contribution in [0.3, 0.4) is 0 Å². The Morgan fingerprint density at radius 1 is 0.190 bits per heavy atom. The number of fused-ring (bicyclic) bond motifs is 8. The Morgan fingerprint density at radius 2 is 0.571 bits per heavy atom. The number of rotatable bonds is 5. The third-order valence-corrected chi connectivity index (χ3v) is 13.2. The highest BCUT2D eigenvalue weighted by molar-refractivity contribution is 6.23. The van der Waals surface area contributed by atoms with E-state index in [4.69, 9.17) is 4.42 Å². The minimum absolute atomic E-state index is 0.898. The first-order chi connectivity index (χ1) is 31.2. The van der Waals surface area contributed by atoms with Crippen molar-refractivity contribution in [3.05, 3.63) is 231 Å². The van der Waals surface area contributed by atoms with Gasteiger partial charge >= 0.3 is 0 Å². The topological polar surface area (TPSA) is 13.1 Å². The van der Waals surface area contributed by atoms with Crippen molar-refractivity contribution in [3.63, 3.8) is 0 Å². The molecule has 0 bridgehead atoms. The van der Waals surface area contributed by atoms with E-state index >= 15 is 0 Å². The molecular weight excluding hydrogens is 761 g/mol. The second kappa shape index (κ2) is 14.2. The lowest BCUT2D eigenvalue weighted by Crippen LogP contribution is -1.93. The second-order valence-electron chi connectivity index (χ2n) is 16.8. The lowest BCUT2D eigenvalue weighted by molar-refractivity contribution is 0.669. The van der Waals surface area contributed by atoms with Gasteiger partial charge in [-0.25, -0.2) is 0 Å². The van der Waals surface area contributed by atoms with E-state index in [-0.39, 0.29) is 0 Å². The molecule has 1 nitrogen and oxygen atoms in total. The Balaban J connectivity index is 1.10. The maximum Gasteiger partial charge on any atom is 0.136 e. The van der Waals surface area contributed by atoms with Crippen molar-refractivity contribution in [1.29, 1.82) is 0 Å². The van der Waals surface area contributed by atoms with Gasteiger partial charge < -0.3 is 4.42 Å². The Bertz CT molecular complexity index is 3980. The summed E-state index contributed by atoms with van der Waals surface area (Å²) in [4.78, 5) is 0. The molecule has 292 valence electrons. The molecule has 0 fully saturated rings. The van der Waals surface area contributed by atoms with Gasteiger partial charge in [-0.2, -0.15) is 0 Å². The van der Waals surface area contributed by atoms with Gasteiger partial charge in [0.05, 0.1) is 0 Å². The van der Waals surface area contributed by atoms with Gasteiger partial charge in [0.25, 0.3) is 0 Å². The Labute approximate surface area is 364 Å². The molecule has 0 saturated heterocycles. The fourth-order valence-electron chi connectivity index (χ4n) is 10.1. The van der Waals surface area contributed by atoms with E-state index in [2.05, 4.69) is 218 Å². The molecule has 0 aliphatic rings. The maximum atomic E-state index is 6.41. The number of hydrogen-bond acceptors (Lipinski definition) is 1. The van der Waals surface area contributed by atoms with Crippen molar-refractivity contribution < 1.29 is 4.42 Å². The first-order valence-electron chi connectivity index (χ1n) is 21.7. The van der Waals surface area contributed by atoms with Crippen LogP contribution in [0.5, 0.6) is 0 Å². The van der Waals surface area contributed by atoms with E-state index in [0.717, 1.165) is 33.1 Å². The van der Waals surface area contributed by atoms with E-state index in [1.165, 1.54) is 98.4 Å². The molecule has 63 heavy (non-hydrogen) atoms. The minimum Gasteiger partial charge on any atom is -0.456 e. The number of benzene rings is 12. The van der Waals surface area contributed by atoms with Crippen LogP contribution in [0.2, 0.25) is 0 Å². The van der Waals surface area contributed by atoms with Crippen molar-refractivity contribution in [2.24, 2.45) is 0 Å². The summed E-state index contributed by atoms with van der Waals surface area (Å²) in [5.41, 5.74) is 13.7. The molecule has 13 aromatic rings. The number of hydrogen-bond donors (Lipinski definition) is 0. The van der Waals surface area contributed by atoms with Crippen LogP contribution in [-0.2, 0) is 0 Å². The van der Waals surface area contributed by atoms with E-state index < -0.39 is 0 Å². The van der Waals surface area contributed by atoms with Crippen LogP contribution in [0.1, 0.15) is 0 Å². The van der Waals surface area contributed by atoms with Crippen molar-refractivity contribution in [2.75, 3.05) is 0 Å². The largest absolute Gasteiger partial charge is 0.456 e. The summed E-state index contributed by atoms with van der Waals surface area (Å²) in [6.45, 7) is 0. The van der Waals surface area contributed by atoms with Crippen LogP contribution >= 0.6 is 0 Å². The van der Waals surface area contributed by atoms with Crippen molar-refractivity contribution in [2.45, 2.75) is 0 Å². The summed E-state index contributed by atoms with van der Waals surface area (Å²) in [5, 5.41) is 14.6. The minimum atomic E-state index is 0.898. The van der Waals surface area contributed by atoms with Crippen LogP contribution in [0.4, 0.5) is 0 Å². The van der Waals surface area contributed by atoms with Crippen molar-refractivity contribution >= 4 is 75.8 Å². The van der Waals surface area contributed by atoms with Gasteiger partial charge in [0.2, 0.25) is 0 Å². The molecule has 0 aliphatic heterocycles. The van der Waals surface area contributed by atoms with Crippen LogP contribution in [-0.4, -0.2) is 0 Å². The van der Waals surface area contributed by atoms with Gasteiger partial charge in [0.1, 0.15) is 11.2 Å². The van der Waals surface area contributed by atoms with Gasteiger partial charge in [-0.15, -0.1) is 0 Å². The van der Waals surface area contributed by atoms with Crippen molar-refractivity contribution in [1.82, 2.24) is 0 Å². The van der Waals surface area contributed by atoms with Crippen LogP contribution in [0, 0.1) is 0 Å². The highest BCUT2D eigenvalue weighted by atomic mass is 16.3. The summed E-state index contributed by atoms with van der Waals surface area (Å²) in [6.07, 6.45) is 0. The molecule has 13 rings (SSSR count). The molecule has 0 N–H and O–H groups in total. The zero-order valence-electron chi connectivity index (χ0n) is 34.3. The molecule has 0 amide bonds. The second-order valence-corrected chi connectivity index (χ2v) is 16.8. The fraction of sp³-hybridized carbons (Fsp3) is 0. The molecule has 0 atom stereocenters. The van der Waals surface area contributed by atoms with Gasteiger partial charge in [0, 0.05) is 10.8 Å². The first kappa shape index (κ1) is 35.5. The molecule has 0 radical (unpaired) electrons. The first-order valence-corrected chi connectivity index (χ1v) is 21.7. The zero-order valence-corrected chi connectivity index (χ0v) is 34.3. The molecule has 0 aliphatic carbocycles. The highest BCUT2D eigenvalue weighted by Crippen LogP contribution is 2.47. The summed E-state index contributed by atoms with van der Waals surface area (Å²) < 4.78 is 6.41. The molecule has 1 heteroatoms. The monoisotopic (exact) mass is 798 g/mol.